The number of phosphoric ester groups is 1. The number of nitrogens with one attached hydrogen (secondary N) is 3. The maximum Gasteiger partial charge on any atom is 0.469 e. The molecule has 4 heterocycles. The van der Waals surface area contributed by atoms with E-state index in [0.29, 0.717) is 22.5 Å². The Kier molecular flexibility index (Phi) is 7.90. The van der Waals surface area contributed by atoms with Crippen LogP contribution in [0.3, 0.4) is 0 Å². The number of benzene rings is 1. The zero-order valence-corrected chi connectivity index (χ0v) is 22.7. The predicted molar refractivity (Wildman–Crippen MR) is 142 cm³/mol. The summed E-state index contributed by atoms with van der Waals surface area (Å²) >= 11 is 1.30. The number of H-pyrrole nitrogens is 1. The molecule has 0 radical (unpaired) electrons. The average molecular weight is 595 g/mol. The highest BCUT2D eigenvalue weighted by atomic mass is 32.2. The molecule has 4 aromatic rings. The lowest BCUT2D eigenvalue weighted by Crippen LogP contribution is -2.39. The van der Waals surface area contributed by atoms with Gasteiger partial charge in [0, 0.05) is 41.0 Å². The number of hydrogen-bond acceptors (Lipinski definition) is 9. The highest BCUT2D eigenvalue weighted by Crippen LogP contribution is 2.39. The maximum absolute atomic E-state index is 13.9. The second-order valence-electron chi connectivity index (χ2n) is 9.22. The number of aryl methyl sites for hydroxylation is 1. The molecule has 1 aromatic carbocycles. The number of fused-ring (bicyclic) bond motifs is 1. The highest BCUT2D eigenvalue weighted by Gasteiger charge is 2.46. The minimum Gasteiger partial charge on any atom is -0.325 e. The molecule has 1 aliphatic rings. The summed E-state index contributed by atoms with van der Waals surface area (Å²) < 4.78 is 44.9. The number of halogens is 2. The minimum absolute atomic E-state index is 0.392. The van der Waals surface area contributed by atoms with Crippen molar-refractivity contribution in [3.63, 3.8) is 0 Å². The van der Waals surface area contributed by atoms with Crippen LogP contribution in [-0.2, 0) is 13.9 Å². The Balaban J connectivity index is 1.21. The van der Waals surface area contributed by atoms with Crippen molar-refractivity contribution in [1.29, 1.82) is 0 Å². The van der Waals surface area contributed by atoms with Gasteiger partial charge in [-0.25, -0.2) is 22.8 Å². The van der Waals surface area contributed by atoms with Crippen LogP contribution < -0.4 is 10.6 Å². The van der Waals surface area contributed by atoms with Crippen LogP contribution in [-0.4, -0.2) is 77.1 Å². The smallest absolute Gasteiger partial charge is 0.325 e. The summed E-state index contributed by atoms with van der Waals surface area (Å²) in [6, 6.07) is 11.4. The Labute approximate surface area is 230 Å². The van der Waals surface area contributed by atoms with Gasteiger partial charge in [0.2, 0.25) is 11.1 Å². The van der Waals surface area contributed by atoms with Gasteiger partial charge in [-0.2, -0.15) is 5.10 Å². The largest absolute Gasteiger partial charge is 0.469 e. The van der Waals surface area contributed by atoms with Gasteiger partial charge in [-0.05, 0) is 55.1 Å². The van der Waals surface area contributed by atoms with Crippen molar-refractivity contribution in [1.82, 2.24) is 29.7 Å². The number of anilines is 3. The van der Waals surface area contributed by atoms with E-state index in [4.69, 9.17) is 9.79 Å². The number of nitrogens with zero attached hydrogens (tertiary/aromatic N) is 5. The molecule has 5 rings (SSSR count). The number of rotatable bonds is 10. The molecule has 40 heavy (non-hydrogen) atoms. The van der Waals surface area contributed by atoms with Gasteiger partial charge in [0.15, 0.2) is 11.6 Å². The van der Waals surface area contributed by atoms with Crippen molar-refractivity contribution in [3.8, 4) is 0 Å². The molecule has 1 unspecified atom stereocenters. The molecule has 1 aliphatic heterocycles. The lowest BCUT2D eigenvalue weighted by atomic mass is 10.2. The summed E-state index contributed by atoms with van der Waals surface area (Å²) in [5.41, 5.74) is 2.12. The van der Waals surface area contributed by atoms with Crippen LogP contribution in [0.5, 0.6) is 0 Å². The molecular formula is C23H25F2N8O5PS. The van der Waals surface area contributed by atoms with Crippen LogP contribution in [0, 0.1) is 6.92 Å². The van der Waals surface area contributed by atoms with E-state index in [9.17, 15) is 18.1 Å². The fourth-order valence-corrected chi connectivity index (χ4v) is 5.36. The number of hydrogen-bond donors (Lipinski definition) is 5. The molecule has 0 spiro atoms. The molecule has 0 aliphatic carbocycles. The van der Waals surface area contributed by atoms with E-state index in [0.717, 1.165) is 21.0 Å². The summed E-state index contributed by atoms with van der Waals surface area (Å²) in [5, 5.41) is 17.9. The highest BCUT2D eigenvalue weighted by molar-refractivity contribution is 7.99. The number of aromatic nitrogens is 5. The molecule has 1 saturated heterocycles. The fraction of sp³-hybridized carbons (Fsp3) is 0.304. The Bertz CT molecular complexity index is 1560. The average Bonchev–Trinajstić information content (AvgIpc) is 3.57. The normalized spacial score (nSPS) is 17.4. The van der Waals surface area contributed by atoms with Crippen molar-refractivity contribution in [3.05, 3.63) is 54.4 Å². The van der Waals surface area contributed by atoms with Crippen molar-refractivity contribution in [2.45, 2.75) is 35.4 Å². The Morgan fingerprint density at radius 2 is 2.08 bits per heavy atom. The molecule has 0 bridgehead atoms. The first-order valence-electron chi connectivity index (χ1n) is 12.0. The first kappa shape index (κ1) is 28.1. The number of carbonyl (C=O) groups excluding carboxylic acids is 1. The topological polar surface area (TPSA) is 170 Å². The molecule has 0 saturated carbocycles. The van der Waals surface area contributed by atoms with Gasteiger partial charge < -0.3 is 20.4 Å². The SMILES string of the molecule is Cc1cc(Nc2nc(Sc3ccc(NC(=O)CN4CC(F)(F)CC4COP(=O)(O)O)cc3)nn3cccc23)n[nH]1. The van der Waals surface area contributed by atoms with Crippen LogP contribution >= 0.6 is 19.6 Å². The second kappa shape index (κ2) is 11.2. The van der Waals surface area contributed by atoms with Gasteiger partial charge in [-0.3, -0.25) is 19.3 Å². The van der Waals surface area contributed by atoms with Gasteiger partial charge in [0.25, 0.3) is 5.92 Å². The Morgan fingerprint density at radius 3 is 2.77 bits per heavy atom. The molecule has 1 fully saturated rings. The lowest BCUT2D eigenvalue weighted by Gasteiger charge is -2.22. The summed E-state index contributed by atoms with van der Waals surface area (Å²) in [5.74, 6) is -2.45. The van der Waals surface area contributed by atoms with E-state index in [2.05, 4.69) is 35.4 Å². The molecule has 212 valence electrons. The van der Waals surface area contributed by atoms with Crippen LogP contribution in [0.2, 0.25) is 0 Å². The van der Waals surface area contributed by atoms with Gasteiger partial charge >= 0.3 is 7.82 Å². The van der Waals surface area contributed by atoms with Crippen LogP contribution in [0.1, 0.15) is 12.1 Å². The van der Waals surface area contributed by atoms with E-state index in [1.165, 1.54) is 11.8 Å². The molecular weight excluding hydrogens is 569 g/mol. The third-order valence-corrected chi connectivity index (χ3v) is 7.29. The molecule has 3 aromatic heterocycles. The van der Waals surface area contributed by atoms with E-state index in [-0.39, 0.29) is 0 Å². The quantitative estimate of drug-likeness (QED) is 0.171. The molecule has 1 atom stereocenters. The fourth-order valence-electron chi connectivity index (χ4n) is 4.25. The summed E-state index contributed by atoms with van der Waals surface area (Å²) in [6.07, 6.45) is 1.14. The first-order valence-corrected chi connectivity index (χ1v) is 14.3. The third-order valence-electron chi connectivity index (χ3n) is 5.94. The number of carbonyl (C=O) groups is 1. The van der Waals surface area contributed by atoms with Crippen LogP contribution in [0.15, 0.2) is 58.7 Å². The zero-order valence-electron chi connectivity index (χ0n) is 21.0. The summed E-state index contributed by atoms with van der Waals surface area (Å²) in [4.78, 5) is 36.9. The van der Waals surface area contributed by atoms with Gasteiger partial charge in [-0.15, -0.1) is 5.10 Å². The molecule has 13 nitrogen and oxygen atoms in total. The molecule has 17 heteroatoms. The van der Waals surface area contributed by atoms with E-state index >= 15 is 0 Å². The first-order chi connectivity index (χ1) is 18.9. The van der Waals surface area contributed by atoms with Gasteiger partial charge in [-0.1, -0.05) is 0 Å². The second-order valence-corrected chi connectivity index (χ2v) is 11.5. The molecule has 1 amide bonds. The van der Waals surface area contributed by atoms with E-state index in [1.807, 2.05) is 25.1 Å². The van der Waals surface area contributed by atoms with Crippen molar-refractivity contribution >= 4 is 48.3 Å². The monoisotopic (exact) mass is 594 g/mol. The van der Waals surface area contributed by atoms with Gasteiger partial charge in [0.1, 0.15) is 5.52 Å². The number of amides is 1. The third kappa shape index (κ3) is 7.21. The Hall–Kier alpha value is -3.40. The lowest BCUT2D eigenvalue weighted by molar-refractivity contribution is -0.117. The van der Waals surface area contributed by atoms with Crippen molar-refractivity contribution in [2.75, 3.05) is 30.3 Å². The van der Waals surface area contributed by atoms with Gasteiger partial charge in [0.05, 0.1) is 19.7 Å². The van der Waals surface area contributed by atoms with Crippen LogP contribution in [0.25, 0.3) is 5.52 Å². The van der Waals surface area contributed by atoms with Crippen molar-refractivity contribution < 1.29 is 32.5 Å². The number of aromatic amines is 1. The maximum atomic E-state index is 13.9. The summed E-state index contributed by atoms with van der Waals surface area (Å²) in [7, 11) is -4.82. The number of phosphoric acid groups is 1. The number of alkyl halides is 2. The molecule has 5 N–H and O–H groups in total. The van der Waals surface area contributed by atoms with Crippen molar-refractivity contribution in [2.24, 2.45) is 0 Å². The Morgan fingerprint density at radius 1 is 1.30 bits per heavy atom. The minimum atomic E-state index is -4.82. The van der Waals surface area contributed by atoms with E-state index in [1.54, 1.807) is 35.0 Å². The predicted octanol–water partition coefficient (Wildman–Crippen LogP) is 3.41. The van der Waals surface area contributed by atoms with Crippen LogP contribution in [0.4, 0.5) is 26.1 Å². The standard InChI is InChI=1S/C23H25F2N8O5PS/c1-14-9-19(30-29-14)27-21-18-3-2-8-33(18)31-22(28-21)40-17-6-4-15(5-7-17)26-20(34)11-32-13-23(24,25)10-16(32)12-38-39(35,36)37/h2-9,16H,10-13H2,1H3,(H,26,34)(H2,35,36,37)(H2,27,28,29,30,31). The van der Waals surface area contributed by atoms with E-state index < -0.39 is 51.8 Å². The summed E-state index contributed by atoms with van der Waals surface area (Å²) in [6.45, 7) is 0.171. The zero-order chi connectivity index (χ0) is 28.5. The number of likely N-dealkylation sites (tertiary alicyclic amines) is 1.